The van der Waals surface area contributed by atoms with E-state index in [1.807, 2.05) is 43.3 Å². The van der Waals surface area contributed by atoms with E-state index in [1.54, 1.807) is 43.3 Å². The minimum atomic E-state index is -4.01. The van der Waals surface area contributed by atoms with E-state index in [0.29, 0.717) is 22.7 Å². The van der Waals surface area contributed by atoms with Crippen molar-refractivity contribution in [3.63, 3.8) is 0 Å². The van der Waals surface area contributed by atoms with Gasteiger partial charge in [-0.1, -0.05) is 0 Å². The molecule has 0 amide bonds. The molecule has 0 aliphatic rings. The van der Waals surface area contributed by atoms with E-state index in [0.717, 1.165) is 5.69 Å². The molecule has 4 aromatic rings. The van der Waals surface area contributed by atoms with E-state index in [9.17, 15) is 16.8 Å². The van der Waals surface area contributed by atoms with Crippen LogP contribution in [0, 0.1) is 0 Å². The summed E-state index contributed by atoms with van der Waals surface area (Å²) in [5.74, 6) is 0. The summed E-state index contributed by atoms with van der Waals surface area (Å²) < 4.78 is 50.4. The van der Waals surface area contributed by atoms with Gasteiger partial charge in [0, 0.05) is 50.2 Å². The van der Waals surface area contributed by atoms with E-state index >= 15 is 0 Å². The van der Waals surface area contributed by atoms with Crippen molar-refractivity contribution in [2.75, 3.05) is 38.0 Å². The van der Waals surface area contributed by atoms with Crippen molar-refractivity contribution in [1.29, 1.82) is 0 Å². The van der Waals surface area contributed by atoms with Crippen LogP contribution in [0.25, 0.3) is 0 Å². The Kier molecular flexibility index (Phi) is 8.86. The van der Waals surface area contributed by atoms with Gasteiger partial charge in [0.1, 0.15) is 10.6 Å². The van der Waals surface area contributed by atoms with Crippen LogP contribution in [0.3, 0.4) is 0 Å². The summed E-state index contributed by atoms with van der Waals surface area (Å²) in [6, 6.07) is 23.9. The summed E-state index contributed by atoms with van der Waals surface area (Å²) in [6.07, 6.45) is 0. The Morgan fingerprint density at radius 2 is 0.951 bits per heavy atom. The highest BCUT2D eigenvalue weighted by Crippen LogP contribution is 2.35. The number of anilines is 2. The minimum Gasteiger partial charge on any atom is -0.378 e. The van der Waals surface area contributed by atoms with Crippen molar-refractivity contribution >= 4 is 63.7 Å². The molecule has 0 saturated carbocycles. The first kappa shape index (κ1) is 29.8. The van der Waals surface area contributed by atoms with E-state index < -0.39 is 18.9 Å². The molecule has 13 heteroatoms. The van der Waals surface area contributed by atoms with Gasteiger partial charge in [-0.15, -0.1) is 5.11 Å². The second-order valence-corrected chi connectivity index (χ2v) is 13.8. The number of benzene rings is 4. The molecule has 0 fully saturated rings. The summed E-state index contributed by atoms with van der Waals surface area (Å²) >= 11 is 0. The number of halogens is 1. The smallest absolute Gasteiger partial charge is 0.261 e. The topological polar surface area (TPSA) is 124 Å². The van der Waals surface area contributed by atoms with Gasteiger partial charge in [-0.05, 0) is 91.0 Å². The Hall–Kier alpha value is -4.13. The van der Waals surface area contributed by atoms with Crippen LogP contribution in [-0.2, 0) is 18.9 Å². The van der Waals surface area contributed by atoms with Gasteiger partial charge < -0.3 is 9.80 Å². The molecule has 0 unspecified atom stereocenters. The highest BCUT2D eigenvalue weighted by atomic mass is 35.7. The maximum atomic E-state index is 13.7. The molecular weight excluding hydrogens is 584 g/mol. The normalized spacial score (nSPS) is 12.2. The lowest BCUT2D eigenvalue weighted by molar-refractivity contribution is 0.596. The molecule has 0 spiro atoms. The average molecular weight is 611 g/mol. The number of rotatable bonds is 9. The van der Waals surface area contributed by atoms with Gasteiger partial charge in [-0.25, -0.2) is 16.8 Å². The fourth-order valence-corrected chi connectivity index (χ4v) is 5.80. The molecule has 0 aliphatic carbocycles. The molecule has 0 aliphatic heterocycles. The zero-order valence-electron chi connectivity index (χ0n) is 22.7. The Bertz CT molecular complexity index is 1810. The van der Waals surface area contributed by atoms with Crippen LogP contribution in [0.1, 0.15) is 0 Å². The maximum Gasteiger partial charge on any atom is 0.261 e. The predicted molar refractivity (Wildman–Crippen MR) is 161 cm³/mol. The van der Waals surface area contributed by atoms with Gasteiger partial charge in [0.15, 0.2) is 0 Å². The van der Waals surface area contributed by atoms with Crippen molar-refractivity contribution in [3.05, 3.63) is 91.0 Å². The third-order valence-corrected chi connectivity index (χ3v) is 9.10. The molecule has 10 nitrogen and oxygen atoms in total. The molecule has 41 heavy (non-hydrogen) atoms. The Labute approximate surface area is 244 Å². The first-order valence-corrected chi connectivity index (χ1v) is 16.0. The molecule has 0 atom stereocenters. The Morgan fingerprint density at radius 1 is 0.537 bits per heavy atom. The van der Waals surface area contributed by atoms with Crippen molar-refractivity contribution < 1.29 is 16.8 Å². The van der Waals surface area contributed by atoms with E-state index in [1.165, 1.54) is 42.5 Å². The monoisotopic (exact) mass is 610 g/mol. The van der Waals surface area contributed by atoms with Crippen LogP contribution < -0.4 is 9.80 Å². The molecule has 0 radical (unpaired) electrons. The Balaban J connectivity index is 1.63. The third kappa shape index (κ3) is 7.34. The van der Waals surface area contributed by atoms with Crippen molar-refractivity contribution in [3.8, 4) is 0 Å². The number of hydrogen-bond donors (Lipinski definition) is 0. The molecule has 0 heterocycles. The van der Waals surface area contributed by atoms with Crippen LogP contribution in [0.4, 0.5) is 34.1 Å². The van der Waals surface area contributed by atoms with Gasteiger partial charge in [-0.2, -0.15) is 15.3 Å². The van der Waals surface area contributed by atoms with Gasteiger partial charge in [0.05, 0.1) is 26.9 Å². The molecule has 0 saturated heterocycles. The van der Waals surface area contributed by atoms with Gasteiger partial charge in [0.25, 0.3) is 9.05 Å². The molecule has 0 N–H and O–H groups in total. The fourth-order valence-electron chi connectivity index (χ4n) is 3.62. The van der Waals surface area contributed by atoms with Crippen molar-refractivity contribution in [2.45, 2.75) is 14.7 Å². The van der Waals surface area contributed by atoms with E-state index in [-0.39, 0.29) is 20.4 Å². The summed E-state index contributed by atoms with van der Waals surface area (Å²) in [5, 5.41) is 16.7. The largest absolute Gasteiger partial charge is 0.378 e. The van der Waals surface area contributed by atoms with Crippen LogP contribution in [0.2, 0.25) is 0 Å². The van der Waals surface area contributed by atoms with Crippen LogP contribution in [0.5, 0.6) is 0 Å². The zero-order chi connectivity index (χ0) is 29.8. The van der Waals surface area contributed by atoms with Crippen molar-refractivity contribution in [1.82, 2.24) is 0 Å². The van der Waals surface area contributed by atoms with Crippen molar-refractivity contribution in [2.24, 2.45) is 20.5 Å². The number of nitrogens with zero attached hydrogens (tertiary/aromatic N) is 6. The van der Waals surface area contributed by atoms with Gasteiger partial charge in [0.2, 0.25) is 9.84 Å². The molecule has 212 valence electrons. The molecule has 4 rings (SSSR count). The highest BCUT2D eigenvalue weighted by molar-refractivity contribution is 8.13. The standard InChI is InChI=1S/C28H27ClN6O4S2/c1-34(2)23-11-5-20(6-12-23)30-31-21-7-14-25(15-8-21)40(36,37)28-19-24(35(3)4)13-18-27(28)33-32-22-9-16-26(17-10-22)41(29,38)39/h5-19H,1-4H3. The number of sulfone groups is 1. The second kappa shape index (κ2) is 12.2. The molecular formula is C28H27ClN6O4S2. The van der Waals surface area contributed by atoms with E-state index in [2.05, 4.69) is 20.5 Å². The summed E-state index contributed by atoms with van der Waals surface area (Å²) in [7, 11) is 4.97. The third-order valence-electron chi connectivity index (χ3n) is 5.93. The quantitative estimate of drug-likeness (QED) is 0.143. The first-order chi connectivity index (χ1) is 19.3. The average Bonchev–Trinajstić information content (AvgIpc) is 2.95. The lowest BCUT2D eigenvalue weighted by Gasteiger charge is -2.15. The summed E-state index contributed by atoms with van der Waals surface area (Å²) in [4.78, 5) is 3.69. The Morgan fingerprint density at radius 3 is 1.41 bits per heavy atom. The number of hydrogen-bond acceptors (Lipinski definition) is 10. The van der Waals surface area contributed by atoms with Crippen LogP contribution >= 0.6 is 10.7 Å². The predicted octanol–water partition coefficient (Wildman–Crippen LogP) is 7.41. The maximum absolute atomic E-state index is 13.7. The molecule has 4 aromatic carbocycles. The fraction of sp³-hybridized carbons (Fsp3) is 0.143. The summed E-state index contributed by atoms with van der Waals surface area (Å²) in [5.41, 5.74) is 3.29. The molecule has 0 aromatic heterocycles. The number of azo groups is 2. The van der Waals surface area contributed by atoms with Crippen LogP contribution in [-0.4, -0.2) is 45.0 Å². The van der Waals surface area contributed by atoms with Gasteiger partial charge >= 0.3 is 0 Å². The second-order valence-electron chi connectivity index (χ2n) is 9.29. The minimum absolute atomic E-state index is 0.0391. The SMILES string of the molecule is CN(C)c1ccc(N=Nc2ccc(S(=O)(=O)c3cc(N(C)C)ccc3N=Nc3ccc(S(=O)(=O)Cl)cc3)cc2)cc1. The van der Waals surface area contributed by atoms with Crippen LogP contribution in [0.15, 0.2) is 126 Å². The summed E-state index contributed by atoms with van der Waals surface area (Å²) in [6.45, 7) is 0. The van der Waals surface area contributed by atoms with Gasteiger partial charge in [-0.3, -0.25) is 0 Å². The highest BCUT2D eigenvalue weighted by Gasteiger charge is 2.23. The van der Waals surface area contributed by atoms with E-state index in [4.69, 9.17) is 10.7 Å². The lowest BCUT2D eigenvalue weighted by atomic mass is 10.2. The zero-order valence-corrected chi connectivity index (χ0v) is 25.1. The first-order valence-electron chi connectivity index (χ1n) is 12.2. The lowest BCUT2D eigenvalue weighted by Crippen LogP contribution is -2.10. The molecule has 0 bridgehead atoms.